The second kappa shape index (κ2) is 6.51. The van der Waals surface area contributed by atoms with Crippen LogP contribution in [0.5, 0.6) is 0 Å². The summed E-state index contributed by atoms with van der Waals surface area (Å²) in [6.45, 7) is 0. The van der Waals surface area contributed by atoms with E-state index in [1.54, 1.807) is 6.21 Å². The van der Waals surface area contributed by atoms with Gasteiger partial charge in [0.25, 0.3) is 0 Å². The first-order valence-electron chi connectivity index (χ1n) is 6.08. The van der Waals surface area contributed by atoms with Crippen molar-refractivity contribution in [1.82, 2.24) is 5.32 Å². The quantitative estimate of drug-likeness (QED) is 0.447. The van der Waals surface area contributed by atoms with Crippen molar-refractivity contribution in [1.29, 1.82) is 0 Å². The van der Waals surface area contributed by atoms with Gasteiger partial charge in [-0.1, -0.05) is 23.9 Å². The van der Waals surface area contributed by atoms with E-state index in [2.05, 4.69) is 27.7 Å². The molecule has 1 aliphatic heterocycles. The van der Waals surface area contributed by atoms with Gasteiger partial charge in [0.2, 0.25) is 5.91 Å². The van der Waals surface area contributed by atoms with Gasteiger partial charge in [0.15, 0.2) is 5.17 Å². The molecule has 7 heteroatoms. The number of carboxylic acid groups (broad SMARTS) is 1. The van der Waals surface area contributed by atoms with Crippen LogP contribution in [0.4, 0.5) is 0 Å². The molecular weight excluding hydrogens is 266 g/mol. The zero-order chi connectivity index (χ0) is 13.7. The summed E-state index contributed by atoms with van der Waals surface area (Å²) < 4.78 is 0. The van der Waals surface area contributed by atoms with Crippen molar-refractivity contribution in [3.8, 4) is 0 Å². The van der Waals surface area contributed by atoms with Crippen LogP contribution in [0.3, 0.4) is 0 Å². The summed E-state index contributed by atoms with van der Waals surface area (Å²) in [6.07, 6.45) is 8.79. The molecule has 0 aromatic heterocycles. The predicted octanol–water partition coefficient (Wildman–Crippen LogP) is 0.0561. The Hall–Kier alpha value is -1.63. The minimum absolute atomic E-state index is 0.313. The molecule has 1 heterocycles. The summed E-state index contributed by atoms with van der Waals surface area (Å²) in [7, 11) is 0. The van der Waals surface area contributed by atoms with Gasteiger partial charge in [0.1, 0.15) is 0 Å². The number of rotatable bonds is 4. The van der Waals surface area contributed by atoms with E-state index in [0.717, 1.165) is 31.0 Å². The molecule has 1 saturated heterocycles. The fraction of sp³-hybridized carbons (Fsp3) is 0.500. The fourth-order valence-corrected chi connectivity index (χ4v) is 2.78. The van der Waals surface area contributed by atoms with Crippen molar-refractivity contribution in [3.63, 3.8) is 0 Å². The molecule has 2 aliphatic rings. The maximum Gasteiger partial charge on any atom is 0.239 e. The van der Waals surface area contributed by atoms with Gasteiger partial charge in [-0.05, 0) is 25.2 Å². The topological polar surface area (TPSA) is 93.9 Å². The number of carbonyl (C=O) groups is 2. The molecule has 1 amide bonds. The fourth-order valence-electron chi connectivity index (χ4n) is 1.87. The first kappa shape index (κ1) is 13.8. The highest BCUT2D eigenvalue weighted by atomic mass is 32.2. The molecule has 2 rings (SSSR count). The average molecular weight is 280 g/mol. The van der Waals surface area contributed by atoms with Crippen LogP contribution in [-0.2, 0) is 9.59 Å². The van der Waals surface area contributed by atoms with Crippen LogP contribution in [0.1, 0.15) is 25.7 Å². The lowest BCUT2D eigenvalue weighted by Gasteiger charge is -2.10. The Labute approximate surface area is 115 Å². The molecular formula is C12H14N3O3S-. The van der Waals surface area contributed by atoms with Crippen molar-refractivity contribution in [3.05, 3.63) is 12.2 Å². The van der Waals surface area contributed by atoms with E-state index in [1.807, 2.05) is 0 Å². The van der Waals surface area contributed by atoms with Gasteiger partial charge in [-0.25, -0.2) is 0 Å². The highest BCUT2D eigenvalue weighted by Gasteiger charge is 2.30. The lowest BCUT2D eigenvalue weighted by molar-refractivity contribution is -0.305. The smallest absolute Gasteiger partial charge is 0.239 e. The third kappa shape index (κ3) is 4.20. The van der Waals surface area contributed by atoms with Crippen LogP contribution >= 0.6 is 11.8 Å². The Morgan fingerprint density at radius 3 is 3.11 bits per heavy atom. The summed E-state index contributed by atoms with van der Waals surface area (Å²) in [5.41, 5.74) is 0. The lowest BCUT2D eigenvalue weighted by atomic mass is 9.96. The van der Waals surface area contributed by atoms with Gasteiger partial charge in [0, 0.05) is 18.6 Å². The minimum atomic E-state index is -1.24. The number of hydrogen-bond donors (Lipinski definition) is 1. The molecule has 0 unspecified atom stereocenters. The van der Waals surface area contributed by atoms with Crippen LogP contribution in [0, 0.1) is 5.92 Å². The van der Waals surface area contributed by atoms with Gasteiger partial charge in [0.05, 0.1) is 5.25 Å². The molecule has 19 heavy (non-hydrogen) atoms. The Kier molecular flexibility index (Phi) is 4.73. The molecule has 0 spiro atoms. The van der Waals surface area contributed by atoms with E-state index >= 15 is 0 Å². The zero-order valence-electron chi connectivity index (χ0n) is 10.2. The van der Waals surface area contributed by atoms with E-state index in [-0.39, 0.29) is 12.3 Å². The average Bonchev–Trinajstić information content (AvgIpc) is 2.70. The number of amidine groups is 1. The maximum atomic E-state index is 11.4. The van der Waals surface area contributed by atoms with Crippen LogP contribution < -0.4 is 10.4 Å². The van der Waals surface area contributed by atoms with E-state index in [0.29, 0.717) is 11.1 Å². The van der Waals surface area contributed by atoms with Gasteiger partial charge in [-0.15, -0.1) is 5.10 Å². The molecule has 0 bridgehead atoms. The molecule has 0 aromatic carbocycles. The number of amides is 1. The Morgan fingerprint density at radius 1 is 1.58 bits per heavy atom. The van der Waals surface area contributed by atoms with Crippen LogP contribution in [0.2, 0.25) is 0 Å². The van der Waals surface area contributed by atoms with E-state index in [1.165, 1.54) is 0 Å². The predicted molar refractivity (Wildman–Crippen MR) is 71.6 cm³/mol. The number of nitrogens with one attached hydrogen (secondary N) is 1. The molecule has 1 N–H and O–H groups in total. The first-order chi connectivity index (χ1) is 9.15. The largest absolute Gasteiger partial charge is 0.550 e. The summed E-state index contributed by atoms with van der Waals surface area (Å²) in [5, 5.41) is 20.5. The molecule has 1 fully saturated rings. The summed E-state index contributed by atoms with van der Waals surface area (Å²) in [6, 6.07) is 0. The SMILES string of the molecule is O=C([O-])C[C@H]1S/C(=N/N=C\[C@H]2CC=CCC2)NC1=O. The molecule has 1 aliphatic carbocycles. The highest BCUT2D eigenvalue weighted by Crippen LogP contribution is 2.22. The minimum Gasteiger partial charge on any atom is -0.550 e. The van der Waals surface area contributed by atoms with Crippen molar-refractivity contribution in [2.75, 3.05) is 0 Å². The van der Waals surface area contributed by atoms with Gasteiger partial charge in [-0.3, -0.25) is 4.79 Å². The molecule has 6 nitrogen and oxygen atoms in total. The first-order valence-corrected chi connectivity index (χ1v) is 6.96. The third-order valence-corrected chi connectivity index (χ3v) is 3.94. The van der Waals surface area contributed by atoms with Crippen LogP contribution in [0.25, 0.3) is 0 Å². The number of carbonyl (C=O) groups excluding carboxylic acids is 2. The van der Waals surface area contributed by atoms with E-state index in [4.69, 9.17) is 0 Å². The Morgan fingerprint density at radius 2 is 2.42 bits per heavy atom. The number of aliphatic carboxylic acids is 1. The number of thioether (sulfide) groups is 1. The number of nitrogens with zero attached hydrogens (tertiary/aromatic N) is 2. The number of carboxylic acids is 1. The van der Waals surface area contributed by atoms with Crippen molar-refractivity contribution in [2.24, 2.45) is 16.1 Å². The van der Waals surface area contributed by atoms with Crippen molar-refractivity contribution in [2.45, 2.75) is 30.9 Å². The Bertz CT molecular complexity index is 459. The van der Waals surface area contributed by atoms with Gasteiger partial charge in [-0.2, -0.15) is 5.10 Å². The number of allylic oxidation sites excluding steroid dienone is 2. The number of hydrogen-bond acceptors (Lipinski definition) is 6. The monoisotopic (exact) mass is 280 g/mol. The van der Waals surface area contributed by atoms with Crippen LogP contribution in [0.15, 0.2) is 22.4 Å². The van der Waals surface area contributed by atoms with E-state index in [9.17, 15) is 14.7 Å². The molecule has 0 radical (unpaired) electrons. The van der Waals surface area contributed by atoms with E-state index < -0.39 is 11.2 Å². The summed E-state index contributed by atoms with van der Waals surface area (Å²) >= 11 is 1.07. The third-order valence-electron chi connectivity index (χ3n) is 2.86. The molecule has 102 valence electrons. The Balaban J connectivity index is 1.87. The normalized spacial score (nSPS) is 29.1. The second-order valence-electron chi connectivity index (χ2n) is 4.39. The van der Waals surface area contributed by atoms with Gasteiger partial charge >= 0.3 is 0 Å². The summed E-state index contributed by atoms with van der Waals surface area (Å²) in [5.74, 6) is -1.22. The van der Waals surface area contributed by atoms with Crippen molar-refractivity contribution < 1.29 is 14.7 Å². The lowest BCUT2D eigenvalue weighted by Crippen LogP contribution is -2.31. The maximum absolute atomic E-state index is 11.4. The van der Waals surface area contributed by atoms with Gasteiger partial charge < -0.3 is 15.2 Å². The van der Waals surface area contributed by atoms with Crippen molar-refractivity contribution >= 4 is 35.0 Å². The van der Waals surface area contributed by atoms with Crippen LogP contribution in [-0.4, -0.2) is 28.5 Å². The highest BCUT2D eigenvalue weighted by molar-refractivity contribution is 8.15. The molecule has 2 atom stereocenters. The second-order valence-corrected chi connectivity index (χ2v) is 5.58. The zero-order valence-corrected chi connectivity index (χ0v) is 11.1. The standard InChI is InChI=1S/C12H15N3O3S/c16-10(17)6-9-11(18)14-12(19-9)15-13-7-8-4-2-1-3-5-8/h1-2,7-9H,3-6H2,(H,16,17)(H,14,15,18)/p-1/b13-7-/t8-,9+/m0/s1. The molecule has 0 aromatic rings. The summed E-state index contributed by atoms with van der Waals surface area (Å²) in [4.78, 5) is 21.9. The molecule has 0 saturated carbocycles.